The van der Waals surface area contributed by atoms with Crippen LogP contribution in [0, 0.1) is 5.41 Å². The van der Waals surface area contributed by atoms with E-state index in [0.717, 1.165) is 68.9 Å². The van der Waals surface area contributed by atoms with Crippen molar-refractivity contribution in [2.75, 3.05) is 75.8 Å². The Labute approximate surface area is 539 Å². The summed E-state index contributed by atoms with van der Waals surface area (Å²) in [5.41, 5.74) is 20.8. The monoisotopic (exact) mass is 1450 g/mol. The number of fused-ring (bicyclic) bond motifs is 4. The van der Waals surface area contributed by atoms with Crippen LogP contribution in [0.5, 0.6) is 0 Å². The summed E-state index contributed by atoms with van der Waals surface area (Å²) in [5, 5.41) is 88.1. The summed E-state index contributed by atoms with van der Waals surface area (Å²) in [7, 11) is -24.0. The van der Waals surface area contributed by atoms with E-state index in [-0.39, 0.29) is 67.9 Å². The van der Waals surface area contributed by atoms with Gasteiger partial charge in [0.15, 0.2) is 70.8 Å². The summed E-state index contributed by atoms with van der Waals surface area (Å²) >= 11 is 0. The van der Waals surface area contributed by atoms with Gasteiger partial charge in [-0.2, -0.15) is 0 Å². The number of aliphatic hydroxyl groups is 8. The number of aromatic nitrogens is 16. The van der Waals surface area contributed by atoms with Gasteiger partial charge in [0.1, 0.15) is 121 Å². The molecule has 528 valence electrons. The van der Waals surface area contributed by atoms with Crippen LogP contribution in [0.1, 0.15) is 24.9 Å². The topological polar surface area (TPSA) is 712 Å². The molecule has 0 aromatic carbocycles. The van der Waals surface area contributed by atoms with Crippen molar-refractivity contribution in [3.63, 3.8) is 0 Å². The number of aliphatic hydroxyl groups excluding tert-OH is 8. The van der Waals surface area contributed by atoms with Crippen LogP contribution in [-0.4, -0.2) is 245 Å². The number of nitrogen functional groups attached to an aromatic ring is 4. The smallest absolute Gasteiger partial charge is 0.267 e. The fourth-order valence-corrected chi connectivity index (χ4v) is 13.9. The average Bonchev–Trinajstić information content (AvgIpc) is 1.64. The second-order valence-electron chi connectivity index (χ2n) is 22.1. The zero-order valence-electron chi connectivity index (χ0n) is 49.0. The van der Waals surface area contributed by atoms with E-state index in [1.807, 2.05) is 0 Å². The molecule has 52 heteroatoms. The zero-order valence-corrected chi connectivity index (χ0v) is 52.6. The molecular formula is C45H56N20O28P4-4. The SMILES string of the molecule is Nc1ncnc2c1ncn2C1OC(COP(=O)([O-])OCC(COP(=O)([O-])OCC2O[C@@H](n3cnc4c(N)ncnc43)[C@H](O)[C@@H]2O)(COP(=O)([O-])OCC2O[C@@H](n3cnc4c(N)ncnc43)[C@H](O)[C@@H]2O)COP(=O)([O-])OC[C@H]2OC(n3cnc4c(N)ncnc43)[C@H](O)[C@@H]2O)[C@H](O)[C@@H]1O. The largest absolute Gasteiger partial charge is 0.756 e. The summed E-state index contributed by atoms with van der Waals surface area (Å²) < 4.78 is 123. The summed E-state index contributed by atoms with van der Waals surface area (Å²) in [6, 6.07) is 0. The number of hydrogen-bond donors (Lipinski definition) is 12. The number of imidazole rings is 4. The van der Waals surface area contributed by atoms with E-state index in [4.69, 9.17) is 78.1 Å². The molecule has 4 saturated heterocycles. The molecule has 4 aliphatic heterocycles. The second kappa shape index (κ2) is 27.5. The first-order valence-electron chi connectivity index (χ1n) is 28.1. The summed E-state index contributed by atoms with van der Waals surface area (Å²) in [4.78, 5) is 103. The molecule has 48 nitrogen and oxygen atoms in total. The van der Waals surface area contributed by atoms with Gasteiger partial charge < -0.3 is 138 Å². The fourth-order valence-electron chi connectivity index (χ4n) is 10.5. The van der Waals surface area contributed by atoms with Crippen molar-refractivity contribution in [3.8, 4) is 0 Å². The van der Waals surface area contributed by atoms with Crippen LogP contribution in [0.15, 0.2) is 50.6 Å². The standard InChI is InChI=1S/C45H60N20O28P4/c46-33-21-37(54-9-50-33)62(13-58-21)41-29(70)25(66)17(90-41)1-82-94(74,75)86-5-45(6-87-95(76,77)83-2-18-26(67)30(71)42(91-18)63-14-59-22-34(47)51-10-55-38(22)63,7-88-96(78,79)84-3-19-27(68)31(72)43(92-19)64-15-60-23-35(48)52-11-56-39(23)64)8-89-97(80,81)85-4-20-28(69)32(73)44(93-20)65-16-61-24-36(49)53-12-57-40(24)65/h9-20,25-32,41-44,66-73H,1-8H2,(H,74,75)(H,76,77)(H,78,79)(H,80,81)(H2,46,50,54)(H2,47,51,55)(H2,48,52,56)(H2,49,53,57)/p-4/t17-,18?,19?,20?,25-,26-,27-,28+,29-,30-,31-,32+,41?,42-,43-,44?,45?/m1/s1. The maximum absolute atomic E-state index is 13.8. The summed E-state index contributed by atoms with van der Waals surface area (Å²) in [6.07, 6.45) is -19.4. The molecule has 0 bridgehead atoms. The minimum Gasteiger partial charge on any atom is -0.756 e. The fraction of sp³-hybridized carbons (Fsp3) is 0.556. The third-order valence-corrected chi connectivity index (χ3v) is 19.3. The third kappa shape index (κ3) is 14.4. The van der Waals surface area contributed by atoms with Crippen LogP contribution in [-0.2, 0) is 73.4 Å². The van der Waals surface area contributed by atoms with Crippen molar-refractivity contribution in [2.24, 2.45) is 5.41 Å². The second-order valence-corrected chi connectivity index (χ2v) is 27.7. The Morgan fingerprint density at radius 1 is 0.351 bits per heavy atom. The lowest BCUT2D eigenvalue weighted by molar-refractivity contribution is -0.244. The molecule has 8 aromatic rings. The lowest BCUT2D eigenvalue weighted by Crippen LogP contribution is -2.43. The Morgan fingerprint density at radius 2 is 0.557 bits per heavy atom. The minimum atomic E-state index is -6.01. The van der Waals surface area contributed by atoms with Crippen molar-refractivity contribution in [1.82, 2.24) is 78.1 Å². The Hall–Kier alpha value is -6.64. The van der Waals surface area contributed by atoms with Gasteiger partial charge in [-0.3, -0.25) is 36.5 Å². The Kier molecular flexibility index (Phi) is 19.9. The molecule has 0 amide bonds. The molecule has 0 spiro atoms. The van der Waals surface area contributed by atoms with E-state index in [0.29, 0.717) is 0 Å². The number of phosphoric acid groups is 4. The highest BCUT2D eigenvalue weighted by molar-refractivity contribution is 7.46. The van der Waals surface area contributed by atoms with Crippen molar-refractivity contribution in [1.29, 1.82) is 0 Å². The molecule has 9 unspecified atom stereocenters. The van der Waals surface area contributed by atoms with Crippen molar-refractivity contribution < 1.29 is 134 Å². The van der Waals surface area contributed by atoms with Gasteiger partial charge in [-0.15, -0.1) is 0 Å². The molecule has 20 atom stereocenters. The van der Waals surface area contributed by atoms with Crippen LogP contribution in [0.2, 0.25) is 0 Å². The maximum atomic E-state index is 13.8. The average molecular weight is 1450 g/mol. The number of nitrogens with zero attached hydrogens (tertiary/aromatic N) is 16. The van der Waals surface area contributed by atoms with Gasteiger partial charge >= 0.3 is 0 Å². The highest BCUT2D eigenvalue weighted by Crippen LogP contribution is 2.51. The number of rotatable bonds is 28. The summed E-state index contributed by atoms with van der Waals surface area (Å²) in [5.74, 6) is -0.313. The molecule has 12 rings (SSSR count). The molecule has 12 heterocycles. The summed E-state index contributed by atoms with van der Waals surface area (Å²) in [6.45, 7) is -11.6. The minimum absolute atomic E-state index is 0.0100. The van der Waals surface area contributed by atoms with E-state index in [2.05, 4.69) is 59.8 Å². The number of nitrogens with two attached hydrogens (primary N) is 4. The number of hydrogen-bond acceptors (Lipinski definition) is 44. The van der Waals surface area contributed by atoms with E-state index in [9.17, 15) is 78.7 Å². The quantitative estimate of drug-likeness (QED) is 0.0203. The molecule has 4 aliphatic rings. The first-order valence-corrected chi connectivity index (χ1v) is 34.0. The van der Waals surface area contributed by atoms with Gasteiger partial charge in [0, 0.05) is 0 Å². The van der Waals surface area contributed by atoms with Gasteiger partial charge in [-0.05, 0) is 0 Å². The molecule has 16 N–H and O–H groups in total. The van der Waals surface area contributed by atoms with Crippen molar-refractivity contribution in [2.45, 2.75) is 98.2 Å². The van der Waals surface area contributed by atoms with Crippen LogP contribution in [0.25, 0.3) is 44.7 Å². The molecule has 8 aromatic heterocycles. The van der Waals surface area contributed by atoms with Crippen molar-refractivity contribution >= 4 is 99.2 Å². The van der Waals surface area contributed by atoms with Crippen LogP contribution < -0.4 is 42.5 Å². The maximum Gasteiger partial charge on any atom is 0.267 e. The van der Waals surface area contributed by atoms with Crippen LogP contribution in [0.3, 0.4) is 0 Å². The lowest BCUT2D eigenvalue weighted by atomic mass is 9.93. The van der Waals surface area contributed by atoms with E-state index >= 15 is 0 Å². The number of anilines is 4. The lowest BCUT2D eigenvalue weighted by Gasteiger charge is -2.39. The van der Waals surface area contributed by atoms with Crippen LogP contribution in [0.4, 0.5) is 23.3 Å². The highest BCUT2D eigenvalue weighted by Gasteiger charge is 2.50. The van der Waals surface area contributed by atoms with Gasteiger partial charge in [-0.1, -0.05) is 0 Å². The van der Waals surface area contributed by atoms with Gasteiger partial charge in [0.2, 0.25) is 0 Å². The third-order valence-electron chi connectivity index (χ3n) is 15.7. The molecule has 4 fully saturated rings. The van der Waals surface area contributed by atoms with E-state index in [1.54, 1.807) is 0 Å². The zero-order chi connectivity index (χ0) is 69.3. The Bertz CT molecular complexity index is 3830. The van der Waals surface area contributed by atoms with E-state index < -0.39 is 188 Å². The van der Waals surface area contributed by atoms with Gasteiger partial charge in [-0.25, -0.2) is 59.8 Å². The highest BCUT2D eigenvalue weighted by atomic mass is 31.2. The predicted molar refractivity (Wildman–Crippen MR) is 303 cm³/mol. The van der Waals surface area contributed by atoms with E-state index in [1.165, 1.54) is 0 Å². The molecule has 0 radical (unpaired) electrons. The number of ether oxygens (including phenoxy) is 4. The first-order chi connectivity index (χ1) is 45.9. The normalized spacial score (nSPS) is 30.9. The molecule has 0 saturated carbocycles. The molecule has 0 aliphatic carbocycles. The van der Waals surface area contributed by atoms with Gasteiger partial charge in [0.25, 0.3) is 31.3 Å². The molecular weight excluding hydrogens is 1390 g/mol. The Balaban J connectivity index is 0.791. The predicted octanol–water partition coefficient (Wildman–Crippen LogP) is -7.86. The Morgan fingerprint density at radius 3 is 0.763 bits per heavy atom. The molecule has 97 heavy (non-hydrogen) atoms. The van der Waals surface area contributed by atoms with Gasteiger partial charge in [0.05, 0.1) is 83.6 Å². The van der Waals surface area contributed by atoms with Crippen LogP contribution >= 0.6 is 31.3 Å². The first kappa shape index (κ1) is 70.2. The number of phosphoric ester groups is 4. The van der Waals surface area contributed by atoms with Crippen molar-refractivity contribution in [3.05, 3.63) is 50.6 Å².